The molecule has 1 amide bonds. The van der Waals surface area contributed by atoms with Crippen molar-refractivity contribution in [1.82, 2.24) is 0 Å². The van der Waals surface area contributed by atoms with Gasteiger partial charge in [-0.15, -0.1) is 11.3 Å². The molecule has 1 heterocycles. The maximum atomic E-state index is 12.9. The highest BCUT2D eigenvalue weighted by Gasteiger charge is 2.10. The first-order chi connectivity index (χ1) is 9.15. The van der Waals surface area contributed by atoms with Crippen LogP contribution >= 0.6 is 11.3 Å². The van der Waals surface area contributed by atoms with Gasteiger partial charge in [0.2, 0.25) is 5.91 Å². The van der Waals surface area contributed by atoms with E-state index in [1.807, 2.05) is 5.38 Å². The molecule has 0 spiro atoms. The summed E-state index contributed by atoms with van der Waals surface area (Å²) < 4.78 is 12.9. The molecule has 5 heteroatoms. The number of nitrogens with one attached hydrogen (secondary N) is 1. The third-order valence-corrected chi connectivity index (χ3v) is 3.39. The van der Waals surface area contributed by atoms with E-state index < -0.39 is 5.82 Å². The number of rotatable bonds is 5. The maximum absolute atomic E-state index is 12.9. The lowest BCUT2D eigenvalue weighted by atomic mass is 10.2. The maximum Gasteiger partial charge on any atom is 0.224 e. The zero-order chi connectivity index (χ0) is 13.7. The first-order valence-corrected chi connectivity index (χ1v) is 6.65. The van der Waals surface area contributed by atoms with Crippen LogP contribution in [0.25, 0.3) is 0 Å². The number of carbonyl (C=O) groups excluding carboxylic acids is 2. The molecule has 0 saturated carbocycles. The molecule has 2 rings (SSSR count). The number of amides is 1. The van der Waals surface area contributed by atoms with Crippen LogP contribution in [0.4, 0.5) is 10.1 Å². The SMILES string of the molecule is O=C(CCC(=O)c1cccs1)Nc1cccc(F)c1. The van der Waals surface area contributed by atoms with Crippen molar-refractivity contribution in [3.8, 4) is 0 Å². The lowest BCUT2D eigenvalue weighted by Crippen LogP contribution is -2.13. The van der Waals surface area contributed by atoms with E-state index >= 15 is 0 Å². The van der Waals surface area contributed by atoms with E-state index in [1.165, 1.54) is 29.5 Å². The Kier molecular flexibility index (Phi) is 4.41. The van der Waals surface area contributed by atoms with Crippen LogP contribution in [0, 0.1) is 5.82 Å². The normalized spacial score (nSPS) is 10.2. The van der Waals surface area contributed by atoms with Gasteiger partial charge in [-0.05, 0) is 29.6 Å². The Bertz CT molecular complexity index is 581. The minimum absolute atomic E-state index is 0.0515. The molecule has 0 unspecified atom stereocenters. The monoisotopic (exact) mass is 277 g/mol. The van der Waals surface area contributed by atoms with Crippen LogP contribution in [0.15, 0.2) is 41.8 Å². The standard InChI is InChI=1S/C14H12FNO2S/c15-10-3-1-4-11(9-10)16-14(18)7-6-12(17)13-5-2-8-19-13/h1-5,8-9H,6-7H2,(H,16,18). The predicted molar refractivity (Wildman–Crippen MR) is 72.9 cm³/mol. The minimum atomic E-state index is -0.410. The molecular weight excluding hydrogens is 265 g/mol. The molecule has 3 nitrogen and oxygen atoms in total. The van der Waals surface area contributed by atoms with Gasteiger partial charge in [0.1, 0.15) is 5.82 Å². The van der Waals surface area contributed by atoms with Gasteiger partial charge < -0.3 is 5.32 Å². The number of carbonyl (C=O) groups is 2. The molecule has 0 bridgehead atoms. The Morgan fingerprint density at radius 2 is 2.00 bits per heavy atom. The zero-order valence-corrected chi connectivity index (χ0v) is 10.9. The van der Waals surface area contributed by atoms with Crippen LogP contribution in [-0.2, 0) is 4.79 Å². The number of thiophene rings is 1. The van der Waals surface area contributed by atoms with E-state index in [1.54, 1.807) is 18.2 Å². The molecule has 1 aromatic carbocycles. The van der Waals surface area contributed by atoms with E-state index in [9.17, 15) is 14.0 Å². The molecule has 0 atom stereocenters. The number of hydrogen-bond donors (Lipinski definition) is 1. The number of benzene rings is 1. The molecule has 19 heavy (non-hydrogen) atoms. The van der Waals surface area contributed by atoms with Gasteiger partial charge in [0, 0.05) is 18.5 Å². The smallest absolute Gasteiger partial charge is 0.224 e. The Hall–Kier alpha value is -2.01. The Labute approximate surface area is 114 Å². The summed E-state index contributed by atoms with van der Waals surface area (Å²) in [7, 11) is 0. The largest absolute Gasteiger partial charge is 0.326 e. The summed E-state index contributed by atoms with van der Waals surface area (Å²) >= 11 is 1.36. The number of halogens is 1. The van der Waals surface area contributed by atoms with Gasteiger partial charge in [-0.2, -0.15) is 0 Å². The van der Waals surface area contributed by atoms with E-state index in [2.05, 4.69) is 5.32 Å². The molecule has 0 aliphatic carbocycles. The van der Waals surface area contributed by atoms with Crippen LogP contribution in [0.1, 0.15) is 22.5 Å². The predicted octanol–water partition coefficient (Wildman–Crippen LogP) is 3.49. The van der Waals surface area contributed by atoms with Crippen molar-refractivity contribution in [2.45, 2.75) is 12.8 Å². The average molecular weight is 277 g/mol. The van der Waals surface area contributed by atoms with Gasteiger partial charge in [0.15, 0.2) is 5.78 Å². The van der Waals surface area contributed by atoms with Crippen LogP contribution in [0.5, 0.6) is 0 Å². The zero-order valence-electron chi connectivity index (χ0n) is 10.1. The summed E-state index contributed by atoms with van der Waals surface area (Å²) in [6, 6.07) is 9.18. The first kappa shape index (κ1) is 13.4. The quantitative estimate of drug-likeness (QED) is 0.850. The molecule has 98 valence electrons. The van der Waals surface area contributed by atoms with E-state index in [-0.39, 0.29) is 24.5 Å². The summed E-state index contributed by atoms with van der Waals surface area (Å²) in [5.74, 6) is -0.757. The van der Waals surface area contributed by atoms with Crippen LogP contribution < -0.4 is 5.32 Å². The molecule has 1 aromatic heterocycles. The number of Topliss-reactive ketones (excluding diaryl/α,β-unsaturated/α-hetero) is 1. The van der Waals surface area contributed by atoms with Crippen LogP contribution in [0.2, 0.25) is 0 Å². The summed E-state index contributed by atoms with van der Waals surface area (Å²) in [5, 5.41) is 4.38. The van der Waals surface area contributed by atoms with Crippen molar-refractivity contribution < 1.29 is 14.0 Å². The van der Waals surface area contributed by atoms with E-state index in [4.69, 9.17) is 0 Å². The number of anilines is 1. The molecule has 0 radical (unpaired) electrons. The fourth-order valence-electron chi connectivity index (χ4n) is 1.58. The van der Waals surface area contributed by atoms with Crippen molar-refractivity contribution >= 4 is 28.7 Å². The molecule has 0 aliphatic rings. The lowest BCUT2D eigenvalue weighted by Gasteiger charge is -2.04. The summed E-state index contributed by atoms with van der Waals surface area (Å²) in [5.41, 5.74) is 0.397. The first-order valence-electron chi connectivity index (χ1n) is 5.77. The van der Waals surface area contributed by atoms with Crippen molar-refractivity contribution in [3.05, 3.63) is 52.5 Å². The molecule has 2 aromatic rings. The summed E-state index contributed by atoms with van der Waals surface area (Å²) in [6.45, 7) is 0. The van der Waals surface area contributed by atoms with Crippen molar-refractivity contribution in [2.24, 2.45) is 0 Å². The third-order valence-electron chi connectivity index (χ3n) is 2.48. The van der Waals surface area contributed by atoms with E-state index in [0.717, 1.165) is 0 Å². The molecule has 0 saturated heterocycles. The Balaban J connectivity index is 1.83. The second-order valence-corrected chi connectivity index (χ2v) is 4.91. The highest BCUT2D eigenvalue weighted by Crippen LogP contribution is 2.13. The number of hydrogen-bond acceptors (Lipinski definition) is 3. The third kappa shape index (κ3) is 3.99. The second-order valence-electron chi connectivity index (χ2n) is 3.96. The minimum Gasteiger partial charge on any atom is -0.326 e. The Morgan fingerprint density at radius 3 is 2.68 bits per heavy atom. The van der Waals surface area contributed by atoms with E-state index in [0.29, 0.717) is 10.6 Å². The van der Waals surface area contributed by atoms with Crippen molar-refractivity contribution in [1.29, 1.82) is 0 Å². The summed E-state index contributed by atoms with van der Waals surface area (Å²) in [6.07, 6.45) is 0.245. The van der Waals surface area contributed by atoms with Crippen molar-refractivity contribution in [3.63, 3.8) is 0 Å². The topological polar surface area (TPSA) is 46.2 Å². The molecular formula is C14H12FNO2S. The van der Waals surface area contributed by atoms with Crippen LogP contribution in [0.3, 0.4) is 0 Å². The summed E-state index contributed by atoms with van der Waals surface area (Å²) in [4.78, 5) is 24.0. The van der Waals surface area contributed by atoms with Crippen LogP contribution in [-0.4, -0.2) is 11.7 Å². The van der Waals surface area contributed by atoms with Crippen molar-refractivity contribution in [2.75, 3.05) is 5.32 Å². The highest BCUT2D eigenvalue weighted by atomic mass is 32.1. The van der Waals surface area contributed by atoms with Gasteiger partial charge >= 0.3 is 0 Å². The van der Waals surface area contributed by atoms with Gasteiger partial charge in [0.05, 0.1) is 4.88 Å². The van der Waals surface area contributed by atoms with Gasteiger partial charge in [-0.3, -0.25) is 9.59 Å². The lowest BCUT2D eigenvalue weighted by molar-refractivity contribution is -0.116. The molecule has 0 fully saturated rings. The van der Waals surface area contributed by atoms with Gasteiger partial charge in [-0.1, -0.05) is 12.1 Å². The average Bonchev–Trinajstić information content (AvgIpc) is 2.90. The Morgan fingerprint density at radius 1 is 1.16 bits per heavy atom. The highest BCUT2D eigenvalue weighted by molar-refractivity contribution is 7.12. The fourth-order valence-corrected chi connectivity index (χ4v) is 2.27. The second kappa shape index (κ2) is 6.24. The van der Waals surface area contributed by atoms with Gasteiger partial charge in [0.25, 0.3) is 0 Å². The number of ketones is 1. The van der Waals surface area contributed by atoms with Gasteiger partial charge in [-0.25, -0.2) is 4.39 Å². The fraction of sp³-hybridized carbons (Fsp3) is 0.143. The molecule has 1 N–H and O–H groups in total. The molecule has 0 aliphatic heterocycles.